The van der Waals surface area contributed by atoms with Gasteiger partial charge in [-0.1, -0.05) is 0 Å². The maximum absolute atomic E-state index is 12.7. The van der Waals surface area contributed by atoms with Crippen molar-refractivity contribution in [2.75, 3.05) is 0 Å². The number of aryl methyl sites for hydroxylation is 1. The first-order valence-electron chi connectivity index (χ1n) is 6.97. The predicted octanol–water partition coefficient (Wildman–Crippen LogP) is 3.01. The summed E-state index contributed by atoms with van der Waals surface area (Å²) in [4.78, 5) is 20.1. The van der Waals surface area contributed by atoms with Gasteiger partial charge in [-0.3, -0.25) is 4.79 Å². The van der Waals surface area contributed by atoms with Gasteiger partial charge in [0.2, 0.25) is 5.91 Å². The lowest BCUT2D eigenvalue weighted by Gasteiger charge is -2.26. The fourth-order valence-corrected chi connectivity index (χ4v) is 3.26. The molecule has 0 N–H and O–H groups in total. The van der Waals surface area contributed by atoms with E-state index < -0.39 is 0 Å². The van der Waals surface area contributed by atoms with Crippen molar-refractivity contribution in [2.45, 2.75) is 45.3 Å². The maximum Gasteiger partial charge on any atom is 0.245 e. The molecule has 2 aromatic rings. The van der Waals surface area contributed by atoms with Crippen LogP contribution in [-0.4, -0.2) is 26.4 Å². The van der Waals surface area contributed by atoms with E-state index in [9.17, 15) is 4.79 Å². The first-order chi connectivity index (χ1) is 9.66. The molecule has 0 bridgehead atoms. The van der Waals surface area contributed by atoms with Gasteiger partial charge >= 0.3 is 0 Å². The standard InChI is InChI=1S/C15H19N3OS/c1-11-5-8-20-14(11)9-18(13-3-4-13)15(19)12(2)17-7-6-16-10-17/h5-8,10,12-13H,3-4,9H2,1-2H3/t12-/m1/s1. The van der Waals surface area contributed by atoms with Crippen LogP contribution in [-0.2, 0) is 11.3 Å². The van der Waals surface area contributed by atoms with Gasteiger partial charge in [-0.15, -0.1) is 11.3 Å². The number of nitrogens with zero attached hydrogens (tertiary/aromatic N) is 3. The van der Waals surface area contributed by atoms with E-state index in [1.54, 1.807) is 23.9 Å². The van der Waals surface area contributed by atoms with E-state index in [2.05, 4.69) is 23.4 Å². The highest BCUT2D eigenvalue weighted by Crippen LogP contribution is 2.32. The number of carbonyl (C=O) groups excluding carboxylic acids is 1. The summed E-state index contributed by atoms with van der Waals surface area (Å²) in [6, 6.07) is 2.36. The van der Waals surface area contributed by atoms with Gasteiger partial charge in [0.1, 0.15) is 6.04 Å². The van der Waals surface area contributed by atoms with Crippen molar-refractivity contribution in [3.05, 3.63) is 40.6 Å². The first kappa shape index (κ1) is 13.4. The molecule has 106 valence electrons. The van der Waals surface area contributed by atoms with Crippen LogP contribution in [0, 0.1) is 6.92 Å². The average molecular weight is 289 g/mol. The summed E-state index contributed by atoms with van der Waals surface area (Å²) >= 11 is 1.74. The number of carbonyl (C=O) groups is 1. The molecule has 0 saturated heterocycles. The Morgan fingerprint density at radius 2 is 2.40 bits per heavy atom. The normalized spacial score (nSPS) is 16.1. The van der Waals surface area contributed by atoms with Crippen molar-refractivity contribution >= 4 is 17.2 Å². The Labute approximate surface area is 123 Å². The van der Waals surface area contributed by atoms with Gasteiger partial charge in [0, 0.05) is 23.3 Å². The van der Waals surface area contributed by atoms with Crippen molar-refractivity contribution in [1.82, 2.24) is 14.5 Å². The topological polar surface area (TPSA) is 38.1 Å². The molecule has 1 atom stereocenters. The Hall–Kier alpha value is -1.62. The first-order valence-corrected chi connectivity index (χ1v) is 7.85. The minimum atomic E-state index is -0.182. The Kier molecular flexibility index (Phi) is 3.61. The second-order valence-electron chi connectivity index (χ2n) is 5.41. The van der Waals surface area contributed by atoms with Crippen molar-refractivity contribution in [3.8, 4) is 0 Å². The van der Waals surface area contributed by atoms with Crippen molar-refractivity contribution < 1.29 is 4.79 Å². The van der Waals surface area contributed by atoms with E-state index in [1.807, 2.05) is 22.6 Å². The van der Waals surface area contributed by atoms with Crippen molar-refractivity contribution in [1.29, 1.82) is 0 Å². The largest absolute Gasteiger partial charge is 0.333 e. The van der Waals surface area contributed by atoms with Crippen LogP contribution in [0.4, 0.5) is 0 Å². The Morgan fingerprint density at radius 3 is 2.95 bits per heavy atom. The molecule has 1 aliphatic rings. The van der Waals surface area contributed by atoms with E-state index in [4.69, 9.17) is 0 Å². The molecule has 1 aliphatic carbocycles. The van der Waals surface area contributed by atoms with Gasteiger partial charge in [0.05, 0.1) is 12.9 Å². The number of amides is 1. The van der Waals surface area contributed by atoms with Crippen LogP contribution in [0.2, 0.25) is 0 Å². The van der Waals surface area contributed by atoms with E-state index in [-0.39, 0.29) is 11.9 Å². The number of thiophene rings is 1. The lowest BCUT2D eigenvalue weighted by atomic mass is 10.2. The molecular weight excluding hydrogens is 270 g/mol. The lowest BCUT2D eigenvalue weighted by Crippen LogP contribution is -2.37. The Morgan fingerprint density at radius 1 is 1.60 bits per heavy atom. The molecule has 2 aromatic heterocycles. The van der Waals surface area contributed by atoms with Crippen molar-refractivity contribution in [3.63, 3.8) is 0 Å². The van der Waals surface area contributed by atoms with Gasteiger partial charge in [0.25, 0.3) is 0 Å². The Bertz CT molecular complexity index is 586. The number of imidazole rings is 1. The fraction of sp³-hybridized carbons (Fsp3) is 0.467. The van der Waals surface area contributed by atoms with Gasteiger partial charge in [-0.25, -0.2) is 4.98 Å². The molecule has 1 amide bonds. The third kappa shape index (κ3) is 2.63. The highest BCUT2D eigenvalue weighted by Gasteiger charge is 2.35. The van der Waals surface area contributed by atoms with Crippen LogP contribution in [0.25, 0.3) is 0 Å². The van der Waals surface area contributed by atoms with Crippen molar-refractivity contribution in [2.24, 2.45) is 0 Å². The fourth-order valence-electron chi connectivity index (χ4n) is 2.36. The van der Waals surface area contributed by atoms with Crippen LogP contribution in [0.3, 0.4) is 0 Å². The van der Waals surface area contributed by atoms with Crippen LogP contribution < -0.4 is 0 Å². The third-order valence-electron chi connectivity index (χ3n) is 3.88. The van der Waals surface area contributed by atoms with E-state index in [0.717, 1.165) is 19.4 Å². The molecule has 1 fully saturated rings. The molecule has 1 saturated carbocycles. The molecule has 0 spiro atoms. The highest BCUT2D eigenvalue weighted by atomic mass is 32.1. The predicted molar refractivity (Wildman–Crippen MR) is 79.6 cm³/mol. The molecule has 3 rings (SSSR count). The number of rotatable bonds is 5. The molecule has 0 unspecified atom stereocenters. The van der Waals surface area contributed by atoms with E-state index in [1.165, 1.54) is 10.4 Å². The van der Waals surface area contributed by atoms with E-state index in [0.29, 0.717) is 6.04 Å². The quantitative estimate of drug-likeness (QED) is 0.848. The molecule has 4 nitrogen and oxygen atoms in total. The lowest BCUT2D eigenvalue weighted by molar-refractivity contribution is -0.135. The maximum atomic E-state index is 12.7. The summed E-state index contributed by atoms with van der Waals surface area (Å²) < 4.78 is 1.87. The van der Waals surface area contributed by atoms with Crippen LogP contribution in [0.15, 0.2) is 30.2 Å². The molecule has 2 heterocycles. The second kappa shape index (κ2) is 5.40. The highest BCUT2D eigenvalue weighted by molar-refractivity contribution is 7.10. The number of aromatic nitrogens is 2. The molecule has 0 radical (unpaired) electrons. The summed E-state index contributed by atoms with van der Waals surface area (Å²) in [7, 11) is 0. The summed E-state index contributed by atoms with van der Waals surface area (Å²) in [5.41, 5.74) is 1.28. The zero-order valence-electron chi connectivity index (χ0n) is 11.8. The van der Waals surface area contributed by atoms with Gasteiger partial charge in [-0.05, 0) is 43.7 Å². The smallest absolute Gasteiger partial charge is 0.245 e. The number of hydrogen-bond donors (Lipinski definition) is 0. The van der Waals surface area contributed by atoms with Gasteiger partial charge in [-0.2, -0.15) is 0 Å². The summed E-state index contributed by atoms with van der Waals surface area (Å²) in [6.45, 7) is 4.80. The summed E-state index contributed by atoms with van der Waals surface area (Å²) in [6.07, 6.45) is 7.54. The second-order valence-corrected chi connectivity index (χ2v) is 6.41. The van der Waals surface area contributed by atoms with Crippen LogP contribution in [0.1, 0.15) is 36.2 Å². The minimum absolute atomic E-state index is 0.182. The number of hydrogen-bond acceptors (Lipinski definition) is 3. The minimum Gasteiger partial charge on any atom is -0.333 e. The molecule has 20 heavy (non-hydrogen) atoms. The average Bonchev–Trinajstić information content (AvgIpc) is 2.98. The summed E-state index contributed by atoms with van der Waals surface area (Å²) in [5, 5.41) is 2.10. The molecule has 0 aromatic carbocycles. The zero-order valence-corrected chi connectivity index (χ0v) is 12.6. The van der Waals surface area contributed by atoms with Crippen LogP contribution in [0.5, 0.6) is 0 Å². The van der Waals surface area contributed by atoms with Crippen LogP contribution >= 0.6 is 11.3 Å². The SMILES string of the molecule is Cc1ccsc1CN(C(=O)[C@@H](C)n1ccnc1)C1CC1. The third-order valence-corrected chi connectivity index (χ3v) is 4.89. The molecular formula is C15H19N3OS. The van der Waals surface area contributed by atoms with Gasteiger partial charge < -0.3 is 9.47 Å². The summed E-state index contributed by atoms with van der Waals surface area (Å²) in [5.74, 6) is 0.193. The van der Waals surface area contributed by atoms with E-state index >= 15 is 0 Å². The molecule has 5 heteroatoms. The van der Waals surface area contributed by atoms with Gasteiger partial charge in [0.15, 0.2) is 0 Å². The monoisotopic (exact) mass is 289 g/mol. The zero-order chi connectivity index (χ0) is 14.1. The Balaban J connectivity index is 1.77. The molecule has 0 aliphatic heterocycles.